The molecule has 0 aliphatic rings. The number of hydrazine groups is 1. The summed E-state index contributed by atoms with van der Waals surface area (Å²) in [7, 11) is 0. The van der Waals surface area contributed by atoms with Gasteiger partial charge in [-0.2, -0.15) is 0 Å². The van der Waals surface area contributed by atoms with Crippen LogP contribution in [0, 0.1) is 6.92 Å². The number of anilines is 6. The topological polar surface area (TPSA) is 105 Å². The zero-order valence-corrected chi connectivity index (χ0v) is 15.2. The van der Waals surface area contributed by atoms with Gasteiger partial charge in [0.1, 0.15) is 17.8 Å². The van der Waals surface area contributed by atoms with E-state index < -0.39 is 0 Å². The lowest BCUT2D eigenvalue weighted by Crippen LogP contribution is -2.26. The number of para-hydroxylation sites is 2. The van der Waals surface area contributed by atoms with Crippen molar-refractivity contribution in [2.75, 3.05) is 21.5 Å². The van der Waals surface area contributed by atoms with Crippen LogP contribution in [0.4, 0.5) is 34.5 Å². The molecular weight excluding hydrogens is 354 g/mol. The predicted molar refractivity (Wildman–Crippen MR) is 110 cm³/mol. The van der Waals surface area contributed by atoms with E-state index in [4.69, 9.17) is 10.3 Å². The molecule has 8 heteroatoms. The monoisotopic (exact) mass is 373 g/mol. The molecule has 140 valence electrons. The summed E-state index contributed by atoms with van der Waals surface area (Å²) in [5, 5.41) is 8.86. The zero-order valence-electron chi connectivity index (χ0n) is 15.2. The molecule has 0 atom stereocenters. The highest BCUT2D eigenvalue weighted by Crippen LogP contribution is 2.30. The molecule has 2 aromatic heterocycles. The molecule has 0 unspecified atom stereocenters. The first-order valence-electron chi connectivity index (χ1n) is 8.68. The van der Waals surface area contributed by atoms with Gasteiger partial charge in [0.2, 0.25) is 0 Å². The van der Waals surface area contributed by atoms with Crippen LogP contribution in [-0.4, -0.2) is 15.1 Å². The summed E-state index contributed by atoms with van der Waals surface area (Å²) in [5.41, 5.74) is 11.8. The molecule has 28 heavy (non-hydrogen) atoms. The molecule has 2 aromatic carbocycles. The van der Waals surface area contributed by atoms with E-state index in [0.717, 1.165) is 11.4 Å². The minimum atomic E-state index is 0.361. The number of aromatic nitrogens is 3. The second-order valence-electron chi connectivity index (χ2n) is 6.05. The van der Waals surface area contributed by atoms with Gasteiger partial charge in [0, 0.05) is 6.07 Å². The fourth-order valence-corrected chi connectivity index (χ4v) is 2.67. The summed E-state index contributed by atoms with van der Waals surface area (Å²) in [4.78, 5) is 8.51. The molecule has 2 heterocycles. The largest absolute Gasteiger partial charge is 0.393 e. The van der Waals surface area contributed by atoms with Gasteiger partial charge in [-0.1, -0.05) is 41.6 Å². The maximum Gasteiger partial charge on any atom is 0.175 e. The summed E-state index contributed by atoms with van der Waals surface area (Å²) >= 11 is 0. The van der Waals surface area contributed by atoms with Crippen LogP contribution >= 0.6 is 0 Å². The van der Waals surface area contributed by atoms with E-state index in [2.05, 4.69) is 25.9 Å². The van der Waals surface area contributed by atoms with Crippen molar-refractivity contribution in [3.05, 3.63) is 78.8 Å². The number of hydrogen-bond acceptors (Lipinski definition) is 8. The normalized spacial score (nSPS) is 10.5. The quantitative estimate of drug-likeness (QED) is 0.431. The van der Waals surface area contributed by atoms with E-state index >= 15 is 0 Å². The molecule has 8 nitrogen and oxygen atoms in total. The van der Waals surface area contributed by atoms with Crippen molar-refractivity contribution in [2.24, 2.45) is 0 Å². The summed E-state index contributed by atoms with van der Waals surface area (Å²) < 4.78 is 5.07. The fraction of sp³-hybridized carbons (Fsp3) is 0.0500. The number of nitrogens with two attached hydrogens (primary N) is 1. The summed E-state index contributed by atoms with van der Waals surface area (Å²) in [6.45, 7) is 1.81. The number of nitrogens with one attached hydrogen (secondary N) is 2. The lowest BCUT2D eigenvalue weighted by Gasteiger charge is -2.26. The number of nitrogens with zero attached hydrogens (tertiary/aromatic N) is 4. The van der Waals surface area contributed by atoms with Gasteiger partial charge in [-0.25, -0.2) is 9.97 Å². The number of nitrogen functional groups attached to an aromatic ring is 1. The van der Waals surface area contributed by atoms with Crippen molar-refractivity contribution in [3.63, 3.8) is 0 Å². The third-order valence-electron chi connectivity index (χ3n) is 4.00. The van der Waals surface area contributed by atoms with E-state index in [1.807, 2.05) is 72.6 Å². The molecule has 4 N–H and O–H groups in total. The number of hydrogen-bond donors (Lipinski definition) is 3. The third-order valence-corrected chi connectivity index (χ3v) is 4.00. The Morgan fingerprint density at radius 2 is 1.50 bits per heavy atom. The Balaban J connectivity index is 1.66. The standard InChI is InChI=1S/C20H19N7O/c1-14-12-17(26-28-14)24-19-18(21)20(23-13-22-19)25-27(15-8-4-2-5-9-15)16-10-6-3-7-11-16/h2-13H,21H2,1H3,(H2,22,23,24,25,26). The van der Waals surface area contributed by atoms with E-state index in [-0.39, 0.29) is 0 Å². The predicted octanol–water partition coefficient (Wildman–Crippen LogP) is 4.26. The van der Waals surface area contributed by atoms with Crippen molar-refractivity contribution in [3.8, 4) is 0 Å². The number of rotatable bonds is 6. The molecule has 0 amide bonds. The molecule has 0 radical (unpaired) electrons. The third kappa shape index (κ3) is 3.70. The van der Waals surface area contributed by atoms with Gasteiger partial charge >= 0.3 is 0 Å². The van der Waals surface area contributed by atoms with Gasteiger partial charge in [-0.05, 0) is 31.2 Å². The zero-order chi connectivity index (χ0) is 19.3. The summed E-state index contributed by atoms with van der Waals surface area (Å²) in [6, 6.07) is 21.5. The second-order valence-corrected chi connectivity index (χ2v) is 6.05. The first kappa shape index (κ1) is 17.3. The van der Waals surface area contributed by atoms with Crippen molar-refractivity contribution in [2.45, 2.75) is 6.92 Å². The van der Waals surface area contributed by atoms with Crippen LogP contribution in [0.5, 0.6) is 0 Å². The van der Waals surface area contributed by atoms with Crippen molar-refractivity contribution < 1.29 is 4.52 Å². The number of aryl methyl sites for hydroxylation is 1. The van der Waals surface area contributed by atoms with E-state index in [9.17, 15) is 0 Å². The van der Waals surface area contributed by atoms with Gasteiger partial charge in [0.05, 0.1) is 11.4 Å². The highest BCUT2D eigenvalue weighted by Gasteiger charge is 2.15. The molecule has 0 aliphatic heterocycles. The SMILES string of the molecule is Cc1cc(Nc2ncnc(NN(c3ccccc3)c3ccccc3)c2N)no1. The van der Waals surface area contributed by atoms with Crippen LogP contribution in [0.1, 0.15) is 5.76 Å². The summed E-state index contributed by atoms with van der Waals surface area (Å²) in [6.07, 6.45) is 1.43. The Labute approximate surface area is 162 Å². The molecule has 0 bridgehead atoms. The first-order valence-corrected chi connectivity index (χ1v) is 8.68. The lowest BCUT2D eigenvalue weighted by molar-refractivity contribution is 0.400. The molecule has 4 aromatic rings. The Kier molecular flexibility index (Phi) is 4.75. The first-order chi connectivity index (χ1) is 13.7. The smallest absolute Gasteiger partial charge is 0.175 e. The Bertz CT molecular complexity index is 1010. The second kappa shape index (κ2) is 7.67. The van der Waals surface area contributed by atoms with Gasteiger partial charge in [0.15, 0.2) is 17.5 Å². The Hall–Kier alpha value is -4.07. The van der Waals surface area contributed by atoms with Crippen LogP contribution in [0.25, 0.3) is 0 Å². The average molecular weight is 373 g/mol. The van der Waals surface area contributed by atoms with Gasteiger partial charge in [-0.15, -0.1) is 0 Å². The lowest BCUT2D eigenvalue weighted by atomic mass is 10.2. The molecule has 4 rings (SSSR count). The van der Waals surface area contributed by atoms with Crippen LogP contribution in [0.15, 0.2) is 77.6 Å². The Morgan fingerprint density at radius 1 is 0.893 bits per heavy atom. The molecule has 0 aliphatic carbocycles. The van der Waals surface area contributed by atoms with E-state index in [1.165, 1.54) is 6.33 Å². The maximum atomic E-state index is 6.31. The van der Waals surface area contributed by atoms with Gasteiger partial charge in [-0.3, -0.25) is 10.4 Å². The highest BCUT2D eigenvalue weighted by molar-refractivity contribution is 5.79. The summed E-state index contributed by atoms with van der Waals surface area (Å²) in [5.74, 6) is 2.11. The molecule has 0 spiro atoms. The fourth-order valence-electron chi connectivity index (χ4n) is 2.67. The van der Waals surface area contributed by atoms with Crippen molar-refractivity contribution >= 4 is 34.5 Å². The molecule has 0 fully saturated rings. The van der Waals surface area contributed by atoms with Crippen LogP contribution in [0.3, 0.4) is 0 Å². The van der Waals surface area contributed by atoms with Crippen LogP contribution < -0.4 is 21.5 Å². The maximum absolute atomic E-state index is 6.31. The highest BCUT2D eigenvalue weighted by atomic mass is 16.5. The van der Waals surface area contributed by atoms with Gasteiger partial charge in [0.25, 0.3) is 0 Å². The van der Waals surface area contributed by atoms with Crippen LogP contribution in [-0.2, 0) is 0 Å². The molecule has 0 saturated heterocycles. The number of benzene rings is 2. The van der Waals surface area contributed by atoms with Crippen LogP contribution in [0.2, 0.25) is 0 Å². The van der Waals surface area contributed by atoms with E-state index in [1.54, 1.807) is 6.07 Å². The molecule has 0 saturated carbocycles. The Morgan fingerprint density at radius 3 is 2.07 bits per heavy atom. The van der Waals surface area contributed by atoms with Gasteiger partial charge < -0.3 is 15.6 Å². The average Bonchev–Trinajstić information content (AvgIpc) is 3.14. The van der Waals surface area contributed by atoms with Crippen molar-refractivity contribution in [1.29, 1.82) is 0 Å². The van der Waals surface area contributed by atoms with E-state index in [0.29, 0.717) is 28.9 Å². The minimum absolute atomic E-state index is 0.361. The molecular formula is C20H19N7O. The minimum Gasteiger partial charge on any atom is -0.393 e. The van der Waals surface area contributed by atoms with Crippen molar-refractivity contribution in [1.82, 2.24) is 15.1 Å².